The van der Waals surface area contributed by atoms with Crippen LogP contribution in [0.3, 0.4) is 0 Å². The smallest absolute Gasteiger partial charge is 0.228 e. The van der Waals surface area contributed by atoms with Gasteiger partial charge in [0.1, 0.15) is 0 Å². The van der Waals surface area contributed by atoms with Crippen molar-refractivity contribution in [2.24, 2.45) is 11.7 Å². The van der Waals surface area contributed by atoms with E-state index in [1.807, 2.05) is 30.8 Å². The maximum Gasteiger partial charge on any atom is 0.228 e. The molecule has 0 radical (unpaired) electrons. The van der Waals surface area contributed by atoms with E-state index in [-0.39, 0.29) is 11.8 Å². The number of anilines is 2. The van der Waals surface area contributed by atoms with E-state index in [9.17, 15) is 4.79 Å². The summed E-state index contributed by atoms with van der Waals surface area (Å²) in [6.07, 6.45) is 0. The summed E-state index contributed by atoms with van der Waals surface area (Å²) in [6.45, 7) is 4.13. The molecule has 1 aromatic rings. The van der Waals surface area contributed by atoms with Crippen molar-refractivity contribution in [2.45, 2.75) is 6.92 Å². The van der Waals surface area contributed by atoms with Gasteiger partial charge in [-0.2, -0.15) is 11.8 Å². The molecule has 1 aliphatic heterocycles. The summed E-state index contributed by atoms with van der Waals surface area (Å²) in [5.74, 6) is 1.94. The highest BCUT2D eigenvalue weighted by Gasteiger charge is 2.18. The van der Waals surface area contributed by atoms with Gasteiger partial charge in [0.25, 0.3) is 0 Å². The van der Waals surface area contributed by atoms with Crippen LogP contribution >= 0.6 is 23.4 Å². The van der Waals surface area contributed by atoms with E-state index in [0.29, 0.717) is 11.6 Å². The standard InChI is InChI=1S/C14H20ClN3OS/c1-10(9-16)14(19)17-12-8-11(15)2-3-13(12)18-4-6-20-7-5-18/h2-3,8,10H,4-7,9,16H2,1H3,(H,17,19). The topological polar surface area (TPSA) is 58.4 Å². The van der Waals surface area contributed by atoms with Crippen LogP contribution in [0.5, 0.6) is 0 Å². The molecule has 6 heteroatoms. The molecule has 3 N–H and O–H groups in total. The summed E-state index contributed by atoms with van der Waals surface area (Å²) in [5, 5.41) is 3.57. The number of carbonyl (C=O) groups excluding carboxylic acids is 1. The fraction of sp³-hybridized carbons (Fsp3) is 0.500. The predicted octanol–water partition coefficient (Wildman–Crippen LogP) is 2.43. The Kier molecular flexibility index (Phi) is 5.57. The lowest BCUT2D eigenvalue weighted by atomic mass is 10.1. The summed E-state index contributed by atoms with van der Waals surface area (Å²) in [5.41, 5.74) is 7.34. The maximum atomic E-state index is 12.0. The van der Waals surface area contributed by atoms with E-state index >= 15 is 0 Å². The molecule has 2 rings (SSSR count). The number of rotatable bonds is 4. The Balaban J connectivity index is 2.21. The number of nitrogens with zero attached hydrogens (tertiary/aromatic N) is 1. The molecule has 110 valence electrons. The number of amides is 1. The van der Waals surface area contributed by atoms with Crippen molar-refractivity contribution in [3.8, 4) is 0 Å². The van der Waals surface area contributed by atoms with Crippen molar-refractivity contribution in [3.05, 3.63) is 23.2 Å². The van der Waals surface area contributed by atoms with Gasteiger partial charge in [0, 0.05) is 42.1 Å². The Bertz CT molecular complexity index is 477. The number of hydrogen-bond donors (Lipinski definition) is 2. The molecule has 4 nitrogen and oxygen atoms in total. The highest BCUT2D eigenvalue weighted by molar-refractivity contribution is 7.99. The van der Waals surface area contributed by atoms with Gasteiger partial charge in [0.2, 0.25) is 5.91 Å². The molecule has 1 aliphatic rings. The van der Waals surface area contributed by atoms with Crippen LogP contribution in [0.4, 0.5) is 11.4 Å². The third kappa shape index (κ3) is 3.81. The molecule has 0 spiro atoms. The van der Waals surface area contributed by atoms with Crippen LogP contribution in [-0.2, 0) is 4.79 Å². The Labute approximate surface area is 129 Å². The summed E-state index contributed by atoms with van der Waals surface area (Å²) >= 11 is 8.01. The van der Waals surface area contributed by atoms with Gasteiger partial charge in [-0.25, -0.2) is 0 Å². The summed E-state index contributed by atoms with van der Waals surface area (Å²) < 4.78 is 0. The van der Waals surface area contributed by atoms with Gasteiger partial charge in [-0.3, -0.25) is 4.79 Å². The largest absolute Gasteiger partial charge is 0.368 e. The zero-order valence-electron chi connectivity index (χ0n) is 11.6. The average molecular weight is 314 g/mol. The van der Waals surface area contributed by atoms with E-state index in [1.54, 1.807) is 6.07 Å². The molecule has 0 saturated carbocycles. The molecule has 20 heavy (non-hydrogen) atoms. The van der Waals surface area contributed by atoms with Crippen molar-refractivity contribution in [2.75, 3.05) is 41.4 Å². The van der Waals surface area contributed by atoms with Crippen molar-refractivity contribution in [1.29, 1.82) is 0 Å². The second-order valence-electron chi connectivity index (χ2n) is 4.89. The second kappa shape index (κ2) is 7.20. The van der Waals surface area contributed by atoms with Crippen LogP contribution in [0.15, 0.2) is 18.2 Å². The maximum absolute atomic E-state index is 12.0. The lowest BCUT2D eigenvalue weighted by Gasteiger charge is -2.30. The van der Waals surface area contributed by atoms with Crippen molar-refractivity contribution in [1.82, 2.24) is 0 Å². The minimum absolute atomic E-state index is 0.0672. The highest BCUT2D eigenvalue weighted by Crippen LogP contribution is 2.31. The van der Waals surface area contributed by atoms with Crippen LogP contribution in [0.1, 0.15) is 6.92 Å². The van der Waals surface area contributed by atoms with Crippen LogP contribution in [0, 0.1) is 5.92 Å². The molecular weight excluding hydrogens is 294 g/mol. The van der Waals surface area contributed by atoms with Crippen LogP contribution in [0.2, 0.25) is 5.02 Å². The summed E-state index contributed by atoms with van der Waals surface area (Å²) in [4.78, 5) is 14.3. The first-order chi connectivity index (χ1) is 9.61. The van der Waals surface area contributed by atoms with Crippen LogP contribution in [-0.4, -0.2) is 37.0 Å². The van der Waals surface area contributed by atoms with Gasteiger partial charge in [-0.1, -0.05) is 18.5 Å². The summed E-state index contributed by atoms with van der Waals surface area (Å²) in [7, 11) is 0. The first kappa shape index (κ1) is 15.5. The van der Waals surface area contributed by atoms with Crippen molar-refractivity contribution in [3.63, 3.8) is 0 Å². The normalized spacial score (nSPS) is 16.9. The minimum atomic E-state index is -0.209. The number of nitrogens with two attached hydrogens (primary N) is 1. The third-order valence-corrected chi connectivity index (χ3v) is 4.55. The molecule has 1 amide bonds. The highest BCUT2D eigenvalue weighted by atomic mass is 35.5. The number of nitrogens with one attached hydrogen (secondary N) is 1. The Morgan fingerprint density at radius 2 is 2.20 bits per heavy atom. The molecule has 1 unspecified atom stereocenters. The molecule has 0 aromatic heterocycles. The van der Waals surface area contributed by atoms with Crippen molar-refractivity contribution >= 4 is 40.6 Å². The van der Waals surface area contributed by atoms with E-state index in [0.717, 1.165) is 36.0 Å². The molecule has 1 saturated heterocycles. The number of carbonyl (C=O) groups is 1. The van der Waals surface area contributed by atoms with E-state index in [2.05, 4.69) is 10.2 Å². The SMILES string of the molecule is CC(CN)C(=O)Nc1cc(Cl)ccc1N1CCSCC1. The van der Waals surface area contributed by atoms with Gasteiger partial charge in [0.15, 0.2) is 0 Å². The average Bonchev–Trinajstić information content (AvgIpc) is 2.47. The van der Waals surface area contributed by atoms with E-state index in [1.165, 1.54) is 0 Å². The summed E-state index contributed by atoms with van der Waals surface area (Å²) in [6, 6.07) is 5.64. The fourth-order valence-corrected chi connectivity index (χ4v) is 3.13. The fourth-order valence-electron chi connectivity index (χ4n) is 2.05. The van der Waals surface area contributed by atoms with Gasteiger partial charge in [-0.05, 0) is 18.2 Å². The lowest BCUT2D eigenvalue weighted by Crippen LogP contribution is -2.34. The van der Waals surface area contributed by atoms with Crippen molar-refractivity contribution < 1.29 is 4.79 Å². The van der Waals surface area contributed by atoms with Gasteiger partial charge < -0.3 is 16.0 Å². The quantitative estimate of drug-likeness (QED) is 0.896. The van der Waals surface area contributed by atoms with Gasteiger partial charge >= 0.3 is 0 Å². The molecular formula is C14H20ClN3OS. The first-order valence-corrected chi connectivity index (χ1v) is 8.28. The lowest BCUT2D eigenvalue weighted by molar-refractivity contribution is -0.119. The zero-order chi connectivity index (χ0) is 14.5. The number of hydrogen-bond acceptors (Lipinski definition) is 4. The van der Waals surface area contributed by atoms with E-state index < -0.39 is 0 Å². The number of halogens is 1. The Morgan fingerprint density at radius 3 is 2.85 bits per heavy atom. The Morgan fingerprint density at radius 1 is 1.50 bits per heavy atom. The van der Waals surface area contributed by atoms with Crippen LogP contribution in [0.25, 0.3) is 0 Å². The van der Waals surface area contributed by atoms with E-state index in [4.69, 9.17) is 17.3 Å². The molecule has 0 aliphatic carbocycles. The molecule has 1 fully saturated rings. The van der Waals surface area contributed by atoms with Gasteiger partial charge in [0.05, 0.1) is 11.4 Å². The first-order valence-electron chi connectivity index (χ1n) is 6.75. The Hall–Kier alpha value is -0.910. The number of benzene rings is 1. The monoisotopic (exact) mass is 313 g/mol. The molecule has 1 heterocycles. The third-order valence-electron chi connectivity index (χ3n) is 3.37. The zero-order valence-corrected chi connectivity index (χ0v) is 13.1. The number of thioether (sulfide) groups is 1. The molecule has 1 atom stereocenters. The molecule has 1 aromatic carbocycles. The second-order valence-corrected chi connectivity index (χ2v) is 6.55. The van der Waals surface area contributed by atoms with Gasteiger partial charge in [-0.15, -0.1) is 0 Å². The minimum Gasteiger partial charge on any atom is -0.368 e. The van der Waals surface area contributed by atoms with Crippen LogP contribution < -0.4 is 16.0 Å². The predicted molar refractivity (Wildman–Crippen MR) is 87.8 cm³/mol. The molecule has 0 bridgehead atoms.